The lowest BCUT2D eigenvalue weighted by Crippen LogP contribution is -2.09. The minimum atomic E-state index is -2.08. The zero-order chi connectivity index (χ0) is 25.1. The molecule has 1 aliphatic carbocycles. The van der Waals surface area contributed by atoms with Gasteiger partial charge in [-0.15, -0.1) is 10.2 Å². The number of alkyl halides is 2. The lowest BCUT2D eigenvalue weighted by atomic mass is 9.87. The number of benzene rings is 1. The summed E-state index contributed by atoms with van der Waals surface area (Å²) in [6.45, 7) is 8.00. The molecule has 0 radical (unpaired) electrons. The van der Waals surface area contributed by atoms with Crippen molar-refractivity contribution in [2.75, 3.05) is 5.73 Å². The standard InChI is InChI=1S/C13H11N7.C8H14F2.2C2H6/c1-19-11-6-8(2-3-10(11)16-18-19)9-4-5-20-12(9)7-15-13(14)17-20;9-8(10)6-7-4-2-1-3-5-7;2*1-2/h2-7H,1H3,(H2,14,17);7-8H,1-6H2;2*1-2H3. The van der Waals surface area contributed by atoms with Crippen LogP contribution in [-0.4, -0.2) is 36.0 Å². The third-order valence-corrected chi connectivity index (χ3v) is 5.59. The maximum absolute atomic E-state index is 11.8. The number of anilines is 1. The summed E-state index contributed by atoms with van der Waals surface area (Å²) in [5.74, 6) is 0.583. The Morgan fingerprint density at radius 2 is 1.74 bits per heavy atom. The van der Waals surface area contributed by atoms with Crippen molar-refractivity contribution >= 4 is 22.5 Å². The van der Waals surface area contributed by atoms with Gasteiger partial charge in [0.1, 0.15) is 5.52 Å². The molecule has 0 atom stereocenters. The van der Waals surface area contributed by atoms with Crippen LogP contribution in [0.1, 0.15) is 66.2 Å². The molecule has 3 aromatic heterocycles. The smallest absolute Gasteiger partial charge is 0.238 e. The highest BCUT2D eigenvalue weighted by Crippen LogP contribution is 2.28. The number of halogens is 2. The summed E-state index contributed by atoms with van der Waals surface area (Å²) >= 11 is 0. The molecule has 3 heterocycles. The van der Waals surface area contributed by atoms with Crippen molar-refractivity contribution in [1.29, 1.82) is 0 Å². The molecule has 1 aromatic carbocycles. The number of nitrogens with zero attached hydrogens (tertiary/aromatic N) is 6. The van der Waals surface area contributed by atoms with Crippen LogP contribution in [0, 0.1) is 5.92 Å². The van der Waals surface area contributed by atoms with Crippen LogP contribution >= 0.6 is 0 Å². The lowest BCUT2D eigenvalue weighted by Gasteiger charge is -2.20. The SMILES string of the molecule is CC.CC.Cn1nnc2ccc(-c3ccn4nc(N)ncc34)cc21.FC(F)CC1CCCCC1. The number of nitrogen functional groups attached to an aromatic ring is 1. The summed E-state index contributed by atoms with van der Waals surface area (Å²) in [5.41, 5.74) is 10.5. The van der Waals surface area contributed by atoms with Crippen LogP contribution in [0.5, 0.6) is 0 Å². The van der Waals surface area contributed by atoms with Crippen LogP contribution in [0.2, 0.25) is 0 Å². The van der Waals surface area contributed by atoms with Crippen LogP contribution in [0.3, 0.4) is 0 Å². The highest BCUT2D eigenvalue weighted by Gasteiger charge is 2.17. The molecule has 1 fully saturated rings. The predicted octanol–water partition coefficient (Wildman–Crippen LogP) is 6.53. The molecule has 186 valence electrons. The summed E-state index contributed by atoms with van der Waals surface area (Å²) in [5, 5.41) is 12.2. The zero-order valence-electron chi connectivity index (χ0n) is 20.9. The van der Waals surface area contributed by atoms with Crippen LogP contribution in [0.25, 0.3) is 27.7 Å². The van der Waals surface area contributed by atoms with E-state index in [1.807, 2.05) is 59.1 Å². The Kier molecular flexibility index (Phi) is 10.8. The average Bonchev–Trinajstić information content (AvgIpc) is 3.45. The molecular weight excluding hydrogens is 436 g/mol. The first-order chi connectivity index (χ1) is 16.5. The van der Waals surface area contributed by atoms with E-state index in [9.17, 15) is 8.78 Å². The van der Waals surface area contributed by atoms with Crippen molar-refractivity contribution in [2.24, 2.45) is 13.0 Å². The van der Waals surface area contributed by atoms with Gasteiger partial charge in [0.15, 0.2) is 0 Å². The van der Waals surface area contributed by atoms with E-state index in [0.717, 1.165) is 53.4 Å². The summed E-state index contributed by atoms with van der Waals surface area (Å²) < 4.78 is 27.1. The van der Waals surface area contributed by atoms with E-state index >= 15 is 0 Å². The molecular formula is C25H37F2N7. The fraction of sp³-hybridized carbons (Fsp3) is 0.520. The topological polar surface area (TPSA) is 86.9 Å². The average molecular weight is 474 g/mol. The summed E-state index contributed by atoms with van der Waals surface area (Å²) in [4.78, 5) is 4.05. The zero-order valence-corrected chi connectivity index (χ0v) is 20.9. The second-order valence-corrected chi connectivity index (χ2v) is 7.72. The Bertz CT molecular complexity index is 1130. The quantitative estimate of drug-likeness (QED) is 0.365. The largest absolute Gasteiger partial charge is 0.367 e. The van der Waals surface area contributed by atoms with Gasteiger partial charge in [0, 0.05) is 25.2 Å². The molecule has 1 aliphatic rings. The van der Waals surface area contributed by atoms with Crippen molar-refractivity contribution in [2.45, 2.75) is 72.6 Å². The van der Waals surface area contributed by atoms with E-state index in [2.05, 4.69) is 26.5 Å². The lowest BCUT2D eigenvalue weighted by molar-refractivity contribution is 0.104. The molecule has 9 heteroatoms. The van der Waals surface area contributed by atoms with E-state index in [0.29, 0.717) is 5.92 Å². The van der Waals surface area contributed by atoms with Crippen LogP contribution < -0.4 is 5.73 Å². The van der Waals surface area contributed by atoms with Crippen LogP contribution in [-0.2, 0) is 7.05 Å². The molecule has 0 amide bonds. The van der Waals surface area contributed by atoms with Crippen LogP contribution in [0.15, 0.2) is 36.7 Å². The highest BCUT2D eigenvalue weighted by molar-refractivity contribution is 5.87. The molecule has 0 unspecified atom stereocenters. The van der Waals surface area contributed by atoms with E-state index in [1.165, 1.54) is 6.42 Å². The first-order valence-corrected chi connectivity index (χ1v) is 12.2. The van der Waals surface area contributed by atoms with E-state index in [-0.39, 0.29) is 12.4 Å². The monoisotopic (exact) mass is 473 g/mol. The van der Waals surface area contributed by atoms with Crippen molar-refractivity contribution in [1.82, 2.24) is 29.6 Å². The fourth-order valence-corrected chi connectivity index (χ4v) is 4.03. The molecule has 0 saturated heterocycles. The second-order valence-electron chi connectivity index (χ2n) is 7.72. The number of hydrogen-bond donors (Lipinski definition) is 1. The Morgan fingerprint density at radius 3 is 2.41 bits per heavy atom. The van der Waals surface area contributed by atoms with Crippen LogP contribution in [0.4, 0.5) is 14.7 Å². The number of hydrogen-bond acceptors (Lipinski definition) is 5. The first kappa shape index (κ1) is 27.1. The van der Waals surface area contributed by atoms with Crippen molar-refractivity contribution in [3.8, 4) is 11.1 Å². The minimum absolute atomic E-state index is 0.139. The molecule has 4 aromatic rings. The Balaban J connectivity index is 0.000000248. The van der Waals surface area contributed by atoms with Gasteiger partial charge in [0.05, 0.1) is 17.2 Å². The maximum atomic E-state index is 11.8. The second kappa shape index (κ2) is 13.6. The Morgan fingerprint density at radius 1 is 1.03 bits per heavy atom. The molecule has 5 rings (SSSR count). The van der Waals surface area contributed by atoms with Gasteiger partial charge in [0.2, 0.25) is 12.4 Å². The molecule has 0 aliphatic heterocycles. The van der Waals surface area contributed by atoms with Gasteiger partial charge in [-0.3, -0.25) is 0 Å². The number of aryl methyl sites for hydroxylation is 1. The number of fused-ring (bicyclic) bond motifs is 2. The van der Waals surface area contributed by atoms with Gasteiger partial charge in [-0.05, 0) is 29.7 Å². The molecule has 2 N–H and O–H groups in total. The minimum Gasteiger partial charge on any atom is -0.367 e. The number of rotatable bonds is 3. The normalized spacial score (nSPS) is 13.5. The van der Waals surface area contributed by atoms with E-state index in [4.69, 9.17) is 5.73 Å². The van der Waals surface area contributed by atoms with Gasteiger partial charge in [-0.2, -0.15) is 0 Å². The van der Waals surface area contributed by atoms with Crippen molar-refractivity contribution < 1.29 is 8.78 Å². The fourth-order valence-electron chi connectivity index (χ4n) is 4.03. The first-order valence-electron chi connectivity index (χ1n) is 12.2. The highest BCUT2D eigenvalue weighted by atomic mass is 19.3. The Hall–Kier alpha value is -3.10. The third-order valence-electron chi connectivity index (χ3n) is 5.59. The van der Waals surface area contributed by atoms with E-state index in [1.54, 1.807) is 15.4 Å². The van der Waals surface area contributed by atoms with Crippen molar-refractivity contribution in [3.63, 3.8) is 0 Å². The number of nitrogens with two attached hydrogens (primary N) is 1. The third kappa shape index (κ3) is 6.95. The molecule has 0 spiro atoms. The molecule has 34 heavy (non-hydrogen) atoms. The Labute approximate surface area is 200 Å². The van der Waals surface area contributed by atoms with Gasteiger partial charge < -0.3 is 5.73 Å². The summed E-state index contributed by atoms with van der Waals surface area (Å²) in [7, 11) is 1.88. The van der Waals surface area contributed by atoms with Gasteiger partial charge in [-0.25, -0.2) is 23.0 Å². The molecule has 7 nitrogen and oxygen atoms in total. The predicted molar refractivity (Wildman–Crippen MR) is 135 cm³/mol. The number of aromatic nitrogens is 6. The summed E-state index contributed by atoms with van der Waals surface area (Å²) in [6.07, 6.45) is 7.30. The summed E-state index contributed by atoms with van der Waals surface area (Å²) in [6, 6.07) is 8.03. The molecule has 1 saturated carbocycles. The van der Waals surface area contributed by atoms with Gasteiger partial charge >= 0.3 is 0 Å². The van der Waals surface area contributed by atoms with Crippen molar-refractivity contribution in [3.05, 3.63) is 36.7 Å². The van der Waals surface area contributed by atoms with Gasteiger partial charge in [0.25, 0.3) is 0 Å². The molecule has 0 bridgehead atoms. The maximum Gasteiger partial charge on any atom is 0.238 e. The van der Waals surface area contributed by atoms with E-state index < -0.39 is 6.43 Å². The van der Waals surface area contributed by atoms with Gasteiger partial charge in [-0.1, -0.05) is 71.1 Å².